The van der Waals surface area contributed by atoms with Gasteiger partial charge < -0.3 is 20.3 Å². The molecular weight excluding hydrogens is 346 g/mol. The molecule has 0 fully saturated rings. The molecule has 0 aliphatic carbocycles. The van der Waals surface area contributed by atoms with Gasteiger partial charge in [0.25, 0.3) is 0 Å². The summed E-state index contributed by atoms with van der Waals surface area (Å²) < 4.78 is 11.2. The highest BCUT2D eigenvalue weighted by Crippen LogP contribution is 2.23. The van der Waals surface area contributed by atoms with Crippen LogP contribution in [0.2, 0.25) is 0 Å². The maximum atomic E-state index is 12.6. The first-order chi connectivity index (χ1) is 12.7. The lowest BCUT2D eigenvalue weighted by atomic mass is 10.00. The van der Waals surface area contributed by atoms with Gasteiger partial charge in [-0.1, -0.05) is 36.4 Å². The van der Waals surface area contributed by atoms with Crippen LogP contribution >= 0.6 is 0 Å². The molecular formula is C21H25NO5. The van der Waals surface area contributed by atoms with Crippen LogP contribution in [0.25, 0.3) is 0 Å². The van der Waals surface area contributed by atoms with E-state index in [2.05, 4.69) is 0 Å². The second kappa shape index (κ2) is 8.68. The molecule has 6 nitrogen and oxygen atoms in total. The van der Waals surface area contributed by atoms with E-state index in [-0.39, 0.29) is 12.0 Å². The van der Waals surface area contributed by atoms with E-state index in [1.807, 2.05) is 30.3 Å². The average molecular weight is 371 g/mol. The van der Waals surface area contributed by atoms with E-state index in [4.69, 9.17) is 20.3 Å². The van der Waals surface area contributed by atoms with Crippen molar-refractivity contribution >= 4 is 11.9 Å². The van der Waals surface area contributed by atoms with Gasteiger partial charge in [0.1, 0.15) is 24.0 Å². The Morgan fingerprint density at radius 1 is 1.11 bits per heavy atom. The van der Waals surface area contributed by atoms with Gasteiger partial charge in [-0.3, -0.25) is 4.79 Å². The first-order valence-electron chi connectivity index (χ1n) is 8.67. The monoisotopic (exact) mass is 371 g/mol. The van der Waals surface area contributed by atoms with Crippen LogP contribution in [-0.2, 0) is 22.6 Å². The van der Waals surface area contributed by atoms with Gasteiger partial charge in [0.05, 0.1) is 5.56 Å². The second-order valence-corrected chi connectivity index (χ2v) is 7.24. The maximum Gasteiger partial charge on any atom is 0.339 e. The molecule has 0 amide bonds. The van der Waals surface area contributed by atoms with Gasteiger partial charge in [0.15, 0.2) is 0 Å². The molecule has 0 radical (unpaired) electrons. The van der Waals surface area contributed by atoms with E-state index >= 15 is 0 Å². The number of benzene rings is 2. The number of esters is 1. The fourth-order valence-electron chi connectivity index (χ4n) is 2.41. The Kier molecular flexibility index (Phi) is 6.58. The molecule has 27 heavy (non-hydrogen) atoms. The van der Waals surface area contributed by atoms with Crippen molar-refractivity contribution in [3.63, 3.8) is 0 Å². The van der Waals surface area contributed by atoms with E-state index in [0.29, 0.717) is 17.9 Å². The van der Waals surface area contributed by atoms with Crippen molar-refractivity contribution in [1.29, 1.82) is 0 Å². The Labute approximate surface area is 158 Å². The highest BCUT2D eigenvalue weighted by molar-refractivity contribution is 5.92. The zero-order valence-electron chi connectivity index (χ0n) is 15.8. The summed E-state index contributed by atoms with van der Waals surface area (Å²) >= 11 is 0. The third-order valence-corrected chi connectivity index (χ3v) is 3.71. The quantitative estimate of drug-likeness (QED) is 0.725. The van der Waals surface area contributed by atoms with Crippen LogP contribution in [0.4, 0.5) is 0 Å². The Balaban J connectivity index is 2.26. The van der Waals surface area contributed by atoms with Gasteiger partial charge in [-0.25, -0.2) is 4.79 Å². The normalized spacial score (nSPS) is 12.3. The minimum absolute atomic E-state index is 0.0167. The lowest BCUT2D eigenvalue weighted by molar-refractivity contribution is -0.138. The van der Waals surface area contributed by atoms with Crippen molar-refractivity contribution in [2.75, 3.05) is 0 Å². The molecule has 3 N–H and O–H groups in total. The molecule has 0 aliphatic heterocycles. The Bertz CT molecular complexity index is 796. The van der Waals surface area contributed by atoms with Crippen LogP contribution in [0.5, 0.6) is 5.75 Å². The van der Waals surface area contributed by atoms with Gasteiger partial charge in [-0.05, 0) is 50.5 Å². The Hall–Kier alpha value is -2.86. The predicted molar refractivity (Wildman–Crippen MR) is 102 cm³/mol. The SMILES string of the molecule is CC(C)(C)OC(=O)c1cc(OCc2ccccc2)ccc1CC(N)C(=O)O. The first kappa shape index (κ1) is 20.5. The van der Waals surface area contributed by atoms with Crippen molar-refractivity contribution in [2.45, 2.75) is 45.4 Å². The minimum Gasteiger partial charge on any atom is -0.489 e. The third kappa shape index (κ3) is 6.42. The van der Waals surface area contributed by atoms with Crippen LogP contribution in [0.3, 0.4) is 0 Å². The van der Waals surface area contributed by atoms with Crippen molar-refractivity contribution in [1.82, 2.24) is 0 Å². The smallest absolute Gasteiger partial charge is 0.339 e. The zero-order valence-corrected chi connectivity index (χ0v) is 15.8. The van der Waals surface area contributed by atoms with E-state index in [0.717, 1.165) is 5.56 Å². The fourth-order valence-corrected chi connectivity index (χ4v) is 2.41. The summed E-state index contributed by atoms with van der Waals surface area (Å²) in [5, 5.41) is 9.06. The number of nitrogens with two attached hydrogens (primary N) is 1. The van der Waals surface area contributed by atoms with Gasteiger partial charge in [-0.15, -0.1) is 0 Å². The molecule has 0 saturated heterocycles. The summed E-state index contributed by atoms with van der Waals surface area (Å²) in [5.74, 6) is -1.18. The number of hydrogen-bond acceptors (Lipinski definition) is 5. The number of carboxylic acids is 1. The standard InChI is InChI=1S/C21H25NO5/c1-21(2,3)27-20(25)17-12-16(26-13-14-7-5-4-6-8-14)10-9-15(17)11-18(22)19(23)24/h4-10,12,18H,11,13,22H2,1-3H3,(H,23,24). The van der Waals surface area contributed by atoms with Crippen molar-refractivity contribution in [3.8, 4) is 5.75 Å². The van der Waals surface area contributed by atoms with Gasteiger partial charge in [-0.2, -0.15) is 0 Å². The second-order valence-electron chi connectivity index (χ2n) is 7.24. The number of carbonyl (C=O) groups is 2. The van der Waals surface area contributed by atoms with E-state index < -0.39 is 23.6 Å². The van der Waals surface area contributed by atoms with Crippen molar-refractivity contribution < 1.29 is 24.2 Å². The molecule has 144 valence electrons. The zero-order chi connectivity index (χ0) is 20.0. The number of aliphatic carboxylic acids is 1. The van der Waals surface area contributed by atoms with Gasteiger partial charge in [0, 0.05) is 0 Å². The number of carbonyl (C=O) groups excluding carboxylic acids is 1. The molecule has 1 atom stereocenters. The largest absolute Gasteiger partial charge is 0.489 e. The molecule has 0 aliphatic rings. The lowest BCUT2D eigenvalue weighted by Gasteiger charge is -2.21. The molecule has 0 saturated carbocycles. The maximum absolute atomic E-state index is 12.6. The highest BCUT2D eigenvalue weighted by atomic mass is 16.6. The average Bonchev–Trinajstić information content (AvgIpc) is 2.60. The van der Waals surface area contributed by atoms with Crippen LogP contribution in [-0.4, -0.2) is 28.7 Å². The molecule has 2 aromatic carbocycles. The summed E-state index contributed by atoms with van der Waals surface area (Å²) in [7, 11) is 0. The summed E-state index contributed by atoms with van der Waals surface area (Å²) in [6, 6.07) is 13.4. The van der Waals surface area contributed by atoms with Crippen molar-refractivity contribution in [3.05, 3.63) is 65.2 Å². The van der Waals surface area contributed by atoms with Gasteiger partial charge in [0.2, 0.25) is 0 Å². The van der Waals surface area contributed by atoms with E-state index in [9.17, 15) is 9.59 Å². The molecule has 0 spiro atoms. The van der Waals surface area contributed by atoms with Crippen molar-refractivity contribution in [2.24, 2.45) is 5.73 Å². The summed E-state index contributed by atoms with van der Waals surface area (Å²) in [5.41, 5.74) is 6.71. The summed E-state index contributed by atoms with van der Waals surface area (Å²) in [6.07, 6.45) is 0.0167. The molecule has 2 rings (SSSR count). The summed E-state index contributed by atoms with van der Waals surface area (Å²) in [4.78, 5) is 23.7. The molecule has 0 heterocycles. The third-order valence-electron chi connectivity index (χ3n) is 3.71. The predicted octanol–water partition coefficient (Wildman–Crippen LogP) is 3.18. The highest BCUT2D eigenvalue weighted by Gasteiger charge is 2.23. The number of ether oxygens (including phenoxy) is 2. The molecule has 0 bridgehead atoms. The molecule has 6 heteroatoms. The lowest BCUT2D eigenvalue weighted by Crippen LogP contribution is -2.33. The Morgan fingerprint density at radius 2 is 1.78 bits per heavy atom. The van der Waals surface area contributed by atoms with Gasteiger partial charge >= 0.3 is 11.9 Å². The van der Waals surface area contributed by atoms with Crippen LogP contribution < -0.4 is 10.5 Å². The summed E-state index contributed by atoms with van der Waals surface area (Å²) in [6.45, 7) is 5.65. The van der Waals surface area contributed by atoms with Crippen LogP contribution in [0.1, 0.15) is 42.3 Å². The van der Waals surface area contributed by atoms with Crippen LogP contribution in [0, 0.1) is 0 Å². The molecule has 0 aromatic heterocycles. The topological polar surface area (TPSA) is 98.9 Å². The minimum atomic E-state index is -1.13. The molecule has 1 unspecified atom stereocenters. The number of hydrogen-bond donors (Lipinski definition) is 2. The number of rotatable bonds is 7. The first-order valence-corrected chi connectivity index (χ1v) is 8.67. The fraction of sp³-hybridized carbons (Fsp3) is 0.333. The van der Waals surface area contributed by atoms with Crippen LogP contribution in [0.15, 0.2) is 48.5 Å². The van der Waals surface area contributed by atoms with E-state index in [1.165, 1.54) is 0 Å². The van der Waals surface area contributed by atoms with E-state index in [1.54, 1.807) is 39.0 Å². The molecule has 2 aromatic rings. The Morgan fingerprint density at radius 3 is 2.37 bits per heavy atom. The number of carboxylic acid groups (broad SMARTS) is 1.